The first-order chi connectivity index (χ1) is 7.08. The predicted octanol–water partition coefficient (Wildman–Crippen LogP) is 4.18. The predicted molar refractivity (Wildman–Crippen MR) is 72.6 cm³/mol. The molecule has 1 fully saturated rings. The number of nitrogens with zero attached hydrogens (tertiary/aromatic N) is 1. The number of piperidine rings is 1. The number of hydrogen-bond acceptors (Lipinski definition) is 1. The van der Waals surface area contributed by atoms with E-state index >= 15 is 0 Å². The fraction of sp³-hybridized carbons (Fsp3) is 1.00. The minimum absolute atomic E-state index is 0.350. The SMILES string of the molecule is CC(C)C1CN(C(C)C)C(C)(C)CC1(C)C. The second kappa shape index (κ2) is 4.33. The van der Waals surface area contributed by atoms with Gasteiger partial charge in [-0.3, -0.25) is 4.90 Å². The molecular formula is C15H31N. The van der Waals surface area contributed by atoms with Gasteiger partial charge < -0.3 is 0 Å². The third-order valence-corrected chi connectivity index (χ3v) is 4.49. The summed E-state index contributed by atoms with van der Waals surface area (Å²) in [6.07, 6.45) is 1.31. The van der Waals surface area contributed by atoms with Crippen LogP contribution in [0.4, 0.5) is 0 Å². The highest BCUT2D eigenvalue weighted by Crippen LogP contribution is 2.46. The van der Waals surface area contributed by atoms with E-state index in [2.05, 4.69) is 60.3 Å². The fourth-order valence-electron chi connectivity index (χ4n) is 4.08. The molecular weight excluding hydrogens is 194 g/mol. The lowest BCUT2D eigenvalue weighted by molar-refractivity contribution is -0.0647. The minimum atomic E-state index is 0.350. The van der Waals surface area contributed by atoms with E-state index < -0.39 is 0 Å². The van der Waals surface area contributed by atoms with E-state index in [9.17, 15) is 0 Å². The van der Waals surface area contributed by atoms with Crippen LogP contribution in [-0.2, 0) is 0 Å². The Morgan fingerprint density at radius 1 is 1.00 bits per heavy atom. The molecule has 1 nitrogen and oxygen atoms in total. The maximum atomic E-state index is 2.70. The molecule has 1 heteroatoms. The quantitative estimate of drug-likeness (QED) is 0.681. The molecule has 96 valence electrons. The number of rotatable bonds is 2. The zero-order valence-corrected chi connectivity index (χ0v) is 12.6. The zero-order chi connectivity index (χ0) is 12.7. The third-order valence-electron chi connectivity index (χ3n) is 4.49. The summed E-state index contributed by atoms with van der Waals surface area (Å²) >= 11 is 0. The monoisotopic (exact) mass is 225 g/mol. The van der Waals surface area contributed by atoms with Crippen molar-refractivity contribution in [3.63, 3.8) is 0 Å². The maximum absolute atomic E-state index is 2.70. The molecule has 0 aromatic rings. The largest absolute Gasteiger partial charge is 0.295 e. The van der Waals surface area contributed by atoms with Crippen molar-refractivity contribution in [2.24, 2.45) is 17.3 Å². The highest BCUT2D eigenvalue weighted by Gasteiger charge is 2.46. The Labute approximate surface area is 103 Å². The van der Waals surface area contributed by atoms with Crippen LogP contribution in [0.15, 0.2) is 0 Å². The average Bonchev–Trinajstić information content (AvgIpc) is 1.97. The van der Waals surface area contributed by atoms with Gasteiger partial charge in [0, 0.05) is 18.1 Å². The van der Waals surface area contributed by atoms with Crippen molar-refractivity contribution in [2.45, 2.75) is 73.4 Å². The molecule has 1 atom stereocenters. The Balaban J connectivity index is 2.95. The van der Waals surface area contributed by atoms with Gasteiger partial charge in [-0.2, -0.15) is 0 Å². The van der Waals surface area contributed by atoms with Crippen LogP contribution in [0.5, 0.6) is 0 Å². The van der Waals surface area contributed by atoms with Gasteiger partial charge in [0.25, 0.3) is 0 Å². The van der Waals surface area contributed by atoms with E-state index in [1.807, 2.05) is 0 Å². The lowest BCUT2D eigenvalue weighted by atomic mass is 9.63. The van der Waals surface area contributed by atoms with Crippen LogP contribution in [0.25, 0.3) is 0 Å². The van der Waals surface area contributed by atoms with Crippen LogP contribution >= 0.6 is 0 Å². The number of hydrogen-bond donors (Lipinski definition) is 0. The van der Waals surface area contributed by atoms with Gasteiger partial charge in [-0.15, -0.1) is 0 Å². The molecule has 0 aliphatic carbocycles. The van der Waals surface area contributed by atoms with Gasteiger partial charge in [0.2, 0.25) is 0 Å². The molecule has 0 aromatic heterocycles. The summed E-state index contributed by atoms with van der Waals surface area (Å²) in [6, 6.07) is 0.660. The normalized spacial score (nSPS) is 30.0. The van der Waals surface area contributed by atoms with E-state index in [-0.39, 0.29) is 0 Å². The van der Waals surface area contributed by atoms with Gasteiger partial charge in [0.05, 0.1) is 0 Å². The first kappa shape index (κ1) is 14.0. The van der Waals surface area contributed by atoms with E-state index in [1.54, 1.807) is 0 Å². The first-order valence-electron chi connectivity index (χ1n) is 6.84. The van der Waals surface area contributed by atoms with Crippen molar-refractivity contribution < 1.29 is 0 Å². The summed E-state index contributed by atoms with van der Waals surface area (Å²) in [5, 5.41) is 0. The van der Waals surface area contributed by atoms with E-state index in [0.717, 1.165) is 11.8 Å². The molecule has 0 spiro atoms. The van der Waals surface area contributed by atoms with Crippen molar-refractivity contribution in [3.8, 4) is 0 Å². The van der Waals surface area contributed by atoms with Crippen molar-refractivity contribution in [3.05, 3.63) is 0 Å². The smallest absolute Gasteiger partial charge is 0.0161 e. The lowest BCUT2D eigenvalue weighted by Gasteiger charge is -2.56. The van der Waals surface area contributed by atoms with Gasteiger partial charge >= 0.3 is 0 Å². The second-order valence-electron chi connectivity index (χ2n) is 7.57. The van der Waals surface area contributed by atoms with Crippen molar-refractivity contribution in [1.82, 2.24) is 4.90 Å². The maximum Gasteiger partial charge on any atom is 0.0161 e. The molecule has 0 radical (unpaired) electrons. The summed E-state index contributed by atoms with van der Waals surface area (Å²) in [6.45, 7) is 20.4. The van der Waals surface area contributed by atoms with E-state index in [1.165, 1.54) is 13.0 Å². The fourth-order valence-corrected chi connectivity index (χ4v) is 4.08. The molecule has 1 unspecified atom stereocenters. The van der Waals surface area contributed by atoms with Gasteiger partial charge in [-0.1, -0.05) is 27.7 Å². The summed E-state index contributed by atoms with van der Waals surface area (Å²) in [4.78, 5) is 2.70. The second-order valence-corrected chi connectivity index (χ2v) is 7.57. The molecule has 1 aliphatic heterocycles. The Morgan fingerprint density at radius 3 is 1.88 bits per heavy atom. The van der Waals surface area contributed by atoms with Crippen LogP contribution < -0.4 is 0 Å². The molecule has 0 bridgehead atoms. The molecule has 0 amide bonds. The summed E-state index contributed by atoms with van der Waals surface area (Å²) in [5.74, 6) is 1.61. The van der Waals surface area contributed by atoms with Crippen molar-refractivity contribution in [1.29, 1.82) is 0 Å². The Bertz CT molecular complexity index is 214. The molecule has 1 heterocycles. The Hall–Kier alpha value is -0.0400. The van der Waals surface area contributed by atoms with Crippen LogP contribution in [0.1, 0.15) is 61.8 Å². The molecule has 0 saturated carbocycles. The van der Waals surface area contributed by atoms with Crippen LogP contribution in [0.3, 0.4) is 0 Å². The third kappa shape index (κ3) is 2.61. The Kier molecular flexibility index (Phi) is 3.79. The van der Waals surface area contributed by atoms with Gasteiger partial charge in [0.15, 0.2) is 0 Å². The van der Waals surface area contributed by atoms with E-state index in [4.69, 9.17) is 0 Å². The molecule has 1 rings (SSSR count). The standard InChI is InChI=1S/C15H31N/c1-11(2)13-9-16(12(3)4)15(7,8)10-14(13,5)6/h11-13H,9-10H2,1-8H3. The van der Waals surface area contributed by atoms with Crippen LogP contribution in [0.2, 0.25) is 0 Å². The van der Waals surface area contributed by atoms with Crippen LogP contribution in [0, 0.1) is 17.3 Å². The first-order valence-corrected chi connectivity index (χ1v) is 6.84. The van der Waals surface area contributed by atoms with E-state index in [0.29, 0.717) is 17.0 Å². The van der Waals surface area contributed by atoms with Gasteiger partial charge in [-0.05, 0) is 51.4 Å². The van der Waals surface area contributed by atoms with Crippen LogP contribution in [-0.4, -0.2) is 23.0 Å². The molecule has 16 heavy (non-hydrogen) atoms. The highest BCUT2D eigenvalue weighted by molar-refractivity contribution is 4.99. The molecule has 1 aliphatic rings. The topological polar surface area (TPSA) is 3.24 Å². The van der Waals surface area contributed by atoms with Crippen molar-refractivity contribution >= 4 is 0 Å². The number of likely N-dealkylation sites (tertiary alicyclic amines) is 1. The van der Waals surface area contributed by atoms with Crippen molar-refractivity contribution in [2.75, 3.05) is 6.54 Å². The zero-order valence-electron chi connectivity index (χ0n) is 12.6. The minimum Gasteiger partial charge on any atom is -0.295 e. The molecule has 0 aromatic carbocycles. The molecule has 0 N–H and O–H groups in total. The Morgan fingerprint density at radius 2 is 1.50 bits per heavy atom. The summed E-state index contributed by atoms with van der Waals surface area (Å²) in [7, 11) is 0. The summed E-state index contributed by atoms with van der Waals surface area (Å²) in [5.41, 5.74) is 0.826. The average molecular weight is 225 g/mol. The van der Waals surface area contributed by atoms with Gasteiger partial charge in [0.1, 0.15) is 0 Å². The lowest BCUT2D eigenvalue weighted by Crippen LogP contribution is -2.59. The van der Waals surface area contributed by atoms with Gasteiger partial charge in [-0.25, -0.2) is 0 Å². The highest BCUT2D eigenvalue weighted by atomic mass is 15.2. The molecule has 1 saturated heterocycles. The summed E-state index contributed by atoms with van der Waals surface area (Å²) < 4.78 is 0.